The van der Waals surface area contributed by atoms with Crippen molar-refractivity contribution < 1.29 is 34.4 Å². The number of aromatic hydroxyl groups is 3. The van der Waals surface area contributed by atoms with E-state index in [0.29, 0.717) is 19.3 Å². The molecular formula is C22H20O7. The summed E-state index contributed by atoms with van der Waals surface area (Å²) in [5.74, 6) is -4.26. The molecule has 7 heteroatoms. The highest BCUT2D eigenvalue weighted by Crippen LogP contribution is 2.51. The monoisotopic (exact) mass is 396 g/mol. The first-order chi connectivity index (χ1) is 13.8. The van der Waals surface area contributed by atoms with Gasteiger partial charge in [0.2, 0.25) is 5.78 Å². The fourth-order valence-corrected chi connectivity index (χ4v) is 4.66. The van der Waals surface area contributed by atoms with Crippen molar-refractivity contribution in [3.8, 4) is 17.2 Å². The highest BCUT2D eigenvalue weighted by molar-refractivity contribution is 6.31. The number of hydrogen-bond donors (Lipinski definition) is 3. The van der Waals surface area contributed by atoms with Crippen molar-refractivity contribution in [2.45, 2.75) is 32.1 Å². The molecule has 7 nitrogen and oxygen atoms in total. The number of phenols is 3. The van der Waals surface area contributed by atoms with Crippen molar-refractivity contribution in [1.29, 1.82) is 0 Å². The molecule has 0 bridgehead atoms. The maximum atomic E-state index is 13.1. The molecule has 2 aromatic carbocycles. The number of hydrogen-bond acceptors (Lipinski definition) is 7. The van der Waals surface area contributed by atoms with Crippen molar-refractivity contribution in [2.24, 2.45) is 5.92 Å². The van der Waals surface area contributed by atoms with Crippen LogP contribution in [0.25, 0.3) is 0 Å². The highest BCUT2D eigenvalue weighted by Gasteiger charge is 2.44. The molecule has 0 spiro atoms. The Bertz CT molecular complexity index is 1080. The number of methoxy groups -OCH3 is 1. The van der Waals surface area contributed by atoms with Gasteiger partial charge in [-0.25, -0.2) is 0 Å². The average Bonchev–Trinajstić information content (AvgIpc) is 2.72. The molecule has 0 aromatic heterocycles. The van der Waals surface area contributed by atoms with Crippen LogP contribution in [0.5, 0.6) is 17.2 Å². The van der Waals surface area contributed by atoms with Crippen molar-refractivity contribution in [2.75, 3.05) is 7.11 Å². The van der Waals surface area contributed by atoms with E-state index >= 15 is 0 Å². The summed E-state index contributed by atoms with van der Waals surface area (Å²) in [7, 11) is 1.24. The van der Waals surface area contributed by atoms with Gasteiger partial charge < -0.3 is 20.1 Å². The Hall–Kier alpha value is -3.35. The highest BCUT2D eigenvalue weighted by atomic mass is 16.5. The fourth-order valence-electron chi connectivity index (χ4n) is 4.66. The molecule has 0 fully saturated rings. The van der Waals surface area contributed by atoms with Crippen LogP contribution in [-0.2, 0) is 16.0 Å². The first kappa shape index (κ1) is 19.0. The van der Waals surface area contributed by atoms with E-state index in [-0.39, 0.29) is 45.0 Å². The molecular weight excluding hydrogens is 376 g/mol. The van der Waals surface area contributed by atoms with Gasteiger partial charge in [0.15, 0.2) is 5.78 Å². The van der Waals surface area contributed by atoms with Gasteiger partial charge in [-0.2, -0.15) is 0 Å². The van der Waals surface area contributed by atoms with Crippen LogP contribution in [0.2, 0.25) is 0 Å². The summed E-state index contributed by atoms with van der Waals surface area (Å²) in [6, 6.07) is 4.08. The molecule has 2 aliphatic rings. The van der Waals surface area contributed by atoms with E-state index < -0.39 is 35.0 Å². The van der Waals surface area contributed by atoms with Crippen LogP contribution >= 0.6 is 0 Å². The maximum Gasteiger partial charge on any atom is 0.313 e. The number of esters is 1. The number of ether oxygens (including phenoxy) is 1. The second-order valence-electron chi connectivity index (χ2n) is 7.41. The zero-order valence-electron chi connectivity index (χ0n) is 16.0. The Morgan fingerprint density at radius 2 is 1.76 bits per heavy atom. The number of phenolic OH excluding ortho intramolecular Hbond substituents is 3. The van der Waals surface area contributed by atoms with Gasteiger partial charge >= 0.3 is 5.97 Å². The van der Waals surface area contributed by atoms with E-state index in [1.54, 1.807) is 0 Å². The summed E-state index contributed by atoms with van der Waals surface area (Å²) in [6.07, 6.45) is 1.53. The summed E-state index contributed by atoms with van der Waals surface area (Å²) < 4.78 is 4.92. The summed E-state index contributed by atoms with van der Waals surface area (Å²) in [5.41, 5.74) is -0.521. The molecule has 0 unspecified atom stereocenters. The van der Waals surface area contributed by atoms with Crippen LogP contribution in [0.15, 0.2) is 18.2 Å². The normalized spacial score (nSPS) is 19.9. The third-order valence-electron chi connectivity index (χ3n) is 6.09. The lowest BCUT2D eigenvalue weighted by Gasteiger charge is -2.34. The molecule has 0 heterocycles. The number of fused-ring (bicyclic) bond motifs is 3. The third kappa shape index (κ3) is 2.46. The Balaban J connectivity index is 2.05. The van der Waals surface area contributed by atoms with Gasteiger partial charge in [0, 0.05) is 16.7 Å². The van der Waals surface area contributed by atoms with Crippen LogP contribution in [0.1, 0.15) is 68.7 Å². The molecule has 2 atom stereocenters. The van der Waals surface area contributed by atoms with Crippen molar-refractivity contribution in [3.05, 3.63) is 51.6 Å². The average molecular weight is 396 g/mol. The lowest BCUT2D eigenvalue weighted by Crippen LogP contribution is -2.30. The van der Waals surface area contributed by atoms with Crippen LogP contribution in [-0.4, -0.2) is 40.0 Å². The standard InChI is InChI=1S/C22H20O7/c1-3-9-7-8-11-15(13(9)22(28)29-2)21(27)17-16(19(11)25)20(26)14-10(18(17)24)5-4-6-12(14)23/h4-6,9,13,23,25,27H,3,7-8H2,1-2H3/t9-,13-/m0/s1. The van der Waals surface area contributed by atoms with Crippen molar-refractivity contribution >= 4 is 17.5 Å². The Kier molecular flexibility index (Phi) is 4.33. The number of carbonyl (C=O) groups is 3. The van der Waals surface area contributed by atoms with Gasteiger partial charge in [-0.15, -0.1) is 0 Å². The van der Waals surface area contributed by atoms with E-state index in [1.807, 2.05) is 6.92 Å². The minimum atomic E-state index is -0.849. The molecule has 2 aromatic rings. The molecule has 0 amide bonds. The van der Waals surface area contributed by atoms with Gasteiger partial charge in [0.25, 0.3) is 0 Å². The summed E-state index contributed by atoms with van der Waals surface area (Å²) >= 11 is 0. The van der Waals surface area contributed by atoms with Gasteiger partial charge in [0.05, 0.1) is 29.7 Å². The fraction of sp³-hybridized carbons (Fsp3) is 0.318. The van der Waals surface area contributed by atoms with E-state index in [1.165, 1.54) is 25.3 Å². The van der Waals surface area contributed by atoms with E-state index in [4.69, 9.17) is 4.74 Å². The molecule has 0 saturated carbocycles. The van der Waals surface area contributed by atoms with Crippen molar-refractivity contribution in [1.82, 2.24) is 0 Å². The van der Waals surface area contributed by atoms with Crippen LogP contribution in [0.3, 0.4) is 0 Å². The van der Waals surface area contributed by atoms with Crippen molar-refractivity contribution in [3.63, 3.8) is 0 Å². The minimum absolute atomic E-state index is 0.0605. The Morgan fingerprint density at radius 1 is 1.07 bits per heavy atom. The second-order valence-corrected chi connectivity index (χ2v) is 7.41. The zero-order valence-corrected chi connectivity index (χ0v) is 16.0. The first-order valence-electron chi connectivity index (χ1n) is 9.43. The van der Waals surface area contributed by atoms with E-state index in [0.717, 1.165) is 0 Å². The molecule has 0 radical (unpaired) electrons. The Morgan fingerprint density at radius 3 is 2.41 bits per heavy atom. The van der Waals surface area contributed by atoms with Gasteiger partial charge in [-0.05, 0) is 24.8 Å². The van der Waals surface area contributed by atoms with Gasteiger partial charge in [0.1, 0.15) is 17.2 Å². The number of rotatable bonds is 2. The van der Waals surface area contributed by atoms with E-state index in [9.17, 15) is 29.7 Å². The maximum absolute atomic E-state index is 13.1. The number of carbonyl (C=O) groups excluding carboxylic acids is 3. The topological polar surface area (TPSA) is 121 Å². The lowest BCUT2D eigenvalue weighted by molar-refractivity contribution is -0.144. The molecule has 2 aliphatic carbocycles. The summed E-state index contributed by atoms with van der Waals surface area (Å²) in [5, 5.41) is 32.1. The molecule has 4 rings (SSSR count). The predicted molar refractivity (Wildman–Crippen MR) is 102 cm³/mol. The lowest BCUT2D eigenvalue weighted by atomic mass is 9.70. The third-order valence-corrected chi connectivity index (χ3v) is 6.09. The van der Waals surface area contributed by atoms with Crippen LogP contribution < -0.4 is 0 Å². The minimum Gasteiger partial charge on any atom is -0.507 e. The number of benzene rings is 2. The number of ketones is 2. The molecule has 0 aliphatic heterocycles. The molecule has 29 heavy (non-hydrogen) atoms. The van der Waals surface area contributed by atoms with Gasteiger partial charge in [-0.3, -0.25) is 14.4 Å². The van der Waals surface area contributed by atoms with Crippen LogP contribution in [0.4, 0.5) is 0 Å². The summed E-state index contributed by atoms with van der Waals surface area (Å²) in [6.45, 7) is 1.91. The smallest absolute Gasteiger partial charge is 0.313 e. The SMILES string of the molecule is CC[C@H]1CCc2c(O)c3c(c(O)c2[C@H]1C(=O)OC)C(=O)c1cccc(O)c1C3=O. The first-order valence-corrected chi connectivity index (χ1v) is 9.43. The molecule has 150 valence electrons. The predicted octanol–water partition coefficient (Wildman–Crippen LogP) is 2.81. The Labute approximate surface area is 166 Å². The molecule has 0 saturated heterocycles. The zero-order chi connectivity index (χ0) is 21.0. The van der Waals surface area contributed by atoms with Gasteiger partial charge in [-0.1, -0.05) is 25.5 Å². The second kappa shape index (κ2) is 6.62. The summed E-state index contributed by atoms with van der Waals surface area (Å²) in [4.78, 5) is 38.7. The van der Waals surface area contributed by atoms with E-state index in [2.05, 4.69) is 0 Å². The largest absolute Gasteiger partial charge is 0.507 e. The quantitative estimate of drug-likeness (QED) is 0.450. The molecule has 3 N–H and O–H groups in total. The van der Waals surface area contributed by atoms with Crippen LogP contribution in [0, 0.1) is 5.92 Å².